The van der Waals surface area contributed by atoms with Gasteiger partial charge in [0.25, 0.3) is 0 Å². The highest BCUT2D eigenvalue weighted by Crippen LogP contribution is 2.39. The van der Waals surface area contributed by atoms with Crippen molar-refractivity contribution in [2.24, 2.45) is 0 Å². The van der Waals surface area contributed by atoms with Gasteiger partial charge in [-0.3, -0.25) is 9.89 Å². The Bertz CT molecular complexity index is 738. The lowest BCUT2D eigenvalue weighted by Crippen LogP contribution is -2.28. The molecule has 1 aliphatic rings. The molecule has 6 nitrogen and oxygen atoms in total. The van der Waals surface area contributed by atoms with E-state index in [0.717, 1.165) is 22.5 Å². The van der Waals surface area contributed by atoms with Crippen LogP contribution in [0.2, 0.25) is 5.02 Å². The van der Waals surface area contributed by atoms with Crippen molar-refractivity contribution >= 4 is 17.5 Å². The van der Waals surface area contributed by atoms with Gasteiger partial charge >= 0.3 is 0 Å². The molecule has 0 fully saturated rings. The number of nitrogens with one attached hydrogen (secondary N) is 2. The van der Waals surface area contributed by atoms with Gasteiger partial charge in [-0.1, -0.05) is 11.6 Å². The Labute approximate surface area is 139 Å². The Kier molecular flexibility index (Phi) is 4.17. The van der Waals surface area contributed by atoms with Gasteiger partial charge in [-0.25, -0.2) is 0 Å². The molecule has 2 N–H and O–H groups in total. The standard InChI is InChI=1S/C16H18ClN3O3/c1-8(14-9(2)19-20-10(14)3)16(21)18-6-11-4-12(17)15-13(5-11)22-7-23-15/h4-5,8H,6-7H2,1-3H3,(H,18,21)(H,19,20)/t8-/m0/s1. The van der Waals surface area contributed by atoms with Crippen molar-refractivity contribution in [1.82, 2.24) is 15.5 Å². The summed E-state index contributed by atoms with van der Waals surface area (Å²) in [6.45, 7) is 6.21. The van der Waals surface area contributed by atoms with E-state index in [1.807, 2.05) is 26.8 Å². The van der Waals surface area contributed by atoms with Gasteiger partial charge < -0.3 is 14.8 Å². The Morgan fingerprint density at radius 1 is 1.43 bits per heavy atom. The van der Waals surface area contributed by atoms with E-state index in [2.05, 4.69) is 15.5 Å². The summed E-state index contributed by atoms with van der Waals surface area (Å²) in [5.41, 5.74) is 3.55. The minimum atomic E-state index is -0.279. The van der Waals surface area contributed by atoms with Crippen molar-refractivity contribution in [3.05, 3.63) is 39.7 Å². The SMILES string of the molecule is Cc1n[nH]c(C)c1[C@H](C)C(=O)NCc1cc(Cl)c2c(c1)OCO2. The van der Waals surface area contributed by atoms with Crippen LogP contribution in [0.25, 0.3) is 0 Å². The number of carbonyl (C=O) groups is 1. The average molecular weight is 336 g/mol. The number of hydrogen-bond acceptors (Lipinski definition) is 4. The van der Waals surface area contributed by atoms with Gasteiger partial charge in [-0.2, -0.15) is 5.10 Å². The predicted octanol–water partition coefficient (Wildman–Crippen LogP) is 2.83. The van der Waals surface area contributed by atoms with Gasteiger partial charge in [-0.15, -0.1) is 0 Å². The second-order valence-electron chi connectivity index (χ2n) is 5.60. The highest BCUT2D eigenvalue weighted by atomic mass is 35.5. The highest BCUT2D eigenvalue weighted by molar-refractivity contribution is 6.32. The van der Waals surface area contributed by atoms with Crippen LogP contribution < -0.4 is 14.8 Å². The minimum absolute atomic E-state index is 0.0635. The number of aromatic amines is 1. The maximum absolute atomic E-state index is 12.4. The molecule has 0 saturated heterocycles. The summed E-state index contributed by atoms with van der Waals surface area (Å²) in [6, 6.07) is 3.60. The van der Waals surface area contributed by atoms with E-state index < -0.39 is 0 Å². The van der Waals surface area contributed by atoms with E-state index in [9.17, 15) is 4.79 Å². The molecule has 2 heterocycles. The van der Waals surface area contributed by atoms with E-state index in [0.29, 0.717) is 23.1 Å². The maximum Gasteiger partial charge on any atom is 0.231 e. The van der Waals surface area contributed by atoms with Crippen LogP contribution in [0.4, 0.5) is 0 Å². The molecule has 0 spiro atoms. The average Bonchev–Trinajstić information content (AvgIpc) is 3.11. The molecule has 1 aliphatic heterocycles. The van der Waals surface area contributed by atoms with Crippen LogP contribution in [0.3, 0.4) is 0 Å². The van der Waals surface area contributed by atoms with Crippen LogP contribution in [0.1, 0.15) is 35.4 Å². The lowest BCUT2D eigenvalue weighted by molar-refractivity contribution is -0.122. The van der Waals surface area contributed by atoms with E-state index >= 15 is 0 Å². The molecule has 2 aromatic rings. The second-order valence-corrected chi connectivity index (χ2v) is 6.01. The number of amides is 1. The Morgan fingerprint density at radius 3 is 2.91 bits per heavy atom. The maximum atomic E-state index is 12.4. The fourth-order valence-electron chi connectivity index (χ4n) is 2.79. The number of fused-ring (bicyclic) bond motifs is 1. The fourth-order valence-corrected chi connectivity index (χ4v) is 3.08. The second kappa shape index (κ2) is 6.12. The first-order valence-electron chi connectivity index (χ1n) is 7.34. The van der Waals surface area contributed by atoms with Gasteiger partial charge in [0.2, 0.25) is 12.7 Å². The number of H-pyrrole nitrogens is 1. The van der Waals surface area contributed by atoms with Crippen LogP contribution >= 0.6 is 11.6 Å². The van der Waals surface area contributed by atoms with Crippen LogP contribution in [-0.2, 0) is 11.3 Å². The molecule has 3 rings (SSSR count). The molecule has 0 radical (unpaired) electrons. The summed E-state index contributed by atoms with van der Waals surface area (Å²) in [4.78, 5) is 12.4. The molecular weight excluding hydrogens is 318 g/mol. The number of nitrogens with zero attached hydrogens (tertiary/aromatic N) is 1. The predicted molar refractivity (Wildman–Crippen MR) is 85.9 cm³/mol. The number of halogens is 1. The number of aryl methyl sites for hydroxylation is 2. The molecule has 1 atom stereocenters. The number of benzene rings is 1. The van der Waals surface area contributed by atoms with Crippen LogP contribution in [0.5, 0.6) is 11.5 Å². The molecule has 1 aromatic heterocycles. The molecule has 23 heavy (non-hydrogen) atoms. The van der Waals surface area contributed by atoms with Crippen molar-refractivity contribution < 1.29 is 14.3 Å². The molecule has 122 valence electrons. The van der Waals surface area contributed by atoms with E-state index in [-0.39, 0.29) is 18.6 Å². The Morgan fingerprint density at radius 2 is 2.22 bits per heavy atom. The lowest BCUT2D eigenvalue weighted by atomic mass is 9.98. The summed E-state index contributed by atoms with van der Waals surface area (Å²) in [5.74, 6) is 0.820. The quantitative estimate of drug-likeness (QED) is 0.900. The normalized spacial score (nSPS) is 13.9. The molecule has 1 aromatic carbocycles. The first-order chi connectivity index (χ1) is 11.0. The van der Waals surface area contributed by atoms with Crippen molar-refractivity contribution in [3.8, 4) is 11.5 Å². The van der Waals surface area contributed by atoms with Gasteiger partial charge in [-0.05, 0) is 38.5 Å². The van der Waals surface area contributed by atoms with Crippen LogP contribution in [-0.4, -0.2) is 22.9 Å². The Balaban J connectivity index is 1.69. The minimum Gasteiger partial charge on any atom is -0.454 e. The van der Waals surface area contributed by atoms with Crippen LogP contribution in [0, 0.1) is 13.8 Å². The third-order valence-corrected chi connectivity index (χ3v) is 4.25. The molecule has 0 unspecified atom stereocenters. The van der Waals surface area contributed by atoms with Crippen LogP contribution in [0.15, 0.2) is 12.1 Å². The monoisotopic (exact) mass is 335 g/mol. The van der Waals surface area contributed by atoms with Crippen molar-refractivity contribution in [2.75, 3.05) is 6.79 Å². The van der Waals surface area contributed by atoms with Crippen molar-refractivity contribution in [2.45, 2.75) is 33.2 Å². The summed E-state index contributed by atoms with van der Waals surface area (Å²) >= 11 is 6.15. The summed E-state index contributed by atoms with van der Waals surface area (Å²) in [7, 11) is 0. The van der Waals surface area contributed by atoms with Crippen molar-refractivity contribution in [1.29, 1.82) is 0 Å². The number of aromatic nitrogens is 2. The number of ether oxygens (including phenoxy) is 2. The highest BCUT2D eigenvalue weighted by Gasteiger charge is 2.22. The third-order valence-electron chi connectivity index (χ3n) is 3.97. The summed E-state index contributed by atoms with van der Waals surface area (Å²) in [5, 5.41) is 10.4. The molecule has 0 bridgehead atoms. The fraction of sp³-hybridized carbons (Fsp3) is 0.375. The Hall–Kier alpha value is -2.21. The zero-order valence-corrected chi connectivity index (χ0v) is 14.0. The molecule has 0 saturated carbocycles. The molecule has 0 aliphatic carbocycles. The van der Waals surface area contributed by atoms with Gasteiger partial charge in [0, 0.05) is 17.8 Å². The van der Waals surface area contributed by atoms with E-state index in [4.69, 9.17) is 21.1 Å². The number of rotatable bonds is 4. The van der Waals surface area contributed by atoms with E-state index in [1.54, 1.807) is 6.07 Å². The third kappa shape index (κ3) is 2.99. The van der Waals surface area contributed by atoms with Gasteiger partial charge in [0.15, 0.2) is 11.5 Å². The number of hydrogen-bond donors (Lipinski definition) is 2. The van der Waals surface area contributed by atoms with Gasteiger partial charge in [0.1, 0.15) is 0 Å². The lowest BCUT2D eigenvalue weighted by Gasteiger charge is -2.13. The smallest absolute Gasteiger partial charge is 0.231 e. The largest absolute Gasteiger partial charge is 0.454 e. The number of carbonyl (C=O) groups excluding carboxylic acids is 1. The van der Waals surface area contributed by atoms with E-state index in [1.165, 1.54) is 0 Å². The first kappa shape index (κ1) is 15.7. The van der Waals surface area contributed by atoms with Gasteiger partial charge in [0.05, 0.1) is 16.6 Å². The topological polar surface area (TPSA) is 76.2 Å². The zero-order valence-electron chi connectivity index (χ0n) is 13.2. The molecular formula is C16H18ClN3O3. The molecule has 1 amide bonds. The van der Waals surface area contributed by atoms with Crippen molar-refractivity contribution in [3.63, 3.8) is 0 Å². The first-order valence-corrected chi connectivity index (χ1v) is 7.72. The summed E-state index contributed by atoms with van der Waals surface area (Å²) < 4.78 is 10.6. The zero-order chi connectivity index (χ0) is 16.6. The summed E-state index contributed by atoms with van der Waals surface area (Å²) in [6.07, 6.45) is 0. The molecule has 7 heteroatoms.